The molecule has 0 saturated carbocycles. The molecule has 5 heteroatoms. The highest BCUT2D eigenvalue weighted by Crippen LogP contribution is 2.24. The van der Waals surface area contributed by atoms with Gasteiger partial charge in [0, 0.05) is 5.02 Å². The lowest BCUT2D eigenvalue weighted by molar-refractivity contribution is -0.143. The van der Waals surface area contributed by atoms with Crippen LogP contribution in [0.3, 0.4) is 0 Å². The van der Waals surface area contributed by atoms with Crippen molar-refractivity contribution in [3.8, 4) is 11.5 Å². The molecule has 2 rings (SSSR count). The van der Waals surface area contributed by atoms with Crippen LogP contribution in [0, 0.1) is 0 Å². The normalized spacial score (nSPS) is 11.7. The highest BCUT2D eigenvalue weighted by molar-refractivity contribution is 6.30. The Bertz CT molecular complexity index is 627. The topological polar surface area (TPSA) is 55.8 Å². The molecule has 0 amide bonds. The van der Waals surface area contributed by atoms with Crippen LogP contribution in [0.5, 0.6) is 11.5 Å². The zero-order valence-corrected chi connectivity index (χ0v) is 12.2. The first kappa shape index (κ1) is 15.2. The fourth-order valence-corrected chi connectivity index (χ4v) is 2.10. The van der Waals surface area contributed by atoms with Gasteiger partial charge in [-0.3, -0.25) is 4.79 Å². The number of carbonyl (C=O) groups is 1. The Balaban J connectivity index is 2.16. The molecular weight excluding hydrogens is 292 g/mol. The van der Waals surface area contributed by atoms with E-state index in [4.69, 9.17) is 21.1 Å². The van der Waals surface area contributed by atoms with Crippen molar-refractivity contribution < 1.29 is 19.4 Å². The largest absolute Gasteiger partial charge is 0.508 e. The SMILES string of the molecule is COC(=O)C(COc1cccc(Cl)c1)c1cccc(O)c1. The Morgan fingerprint density at radius 2 is 2.00 bits per heavy atom. The molecule has 0 aliphatic carbocycles. The van der Waals surface area contributed by atoms with Crippen LogP contribution in [-0.4, -0.2) is 24.8 Å². The van der Waals surface area contributed by atoms with Gasteiger partial charge in [-0.1, -0.05) is 29.8 Å². The van der Waals surface area contributed by atoms with Crippen molar-refractivity contribution in [3.63, 3.8) is 0 Å². The Morgan fingerprint density at radius 3 is 2.67 bits per heavy atom. The van der Waals surface area contributed by atoms with Crippen LogP contribution in [-0.2, 0) is 9.53 Å². The molecule has 0 saturated heterocycles. The first-order chi connectivity index (χ1) is 10.1. The highest BCUT2D eigenvalue weighted by Gasteiger charge is 2.22. The zero-order chi connectivity index (χ0) is 15.2. The molecule has 0 radical (unpaired) electrons. The predicted molar refractivity (Wildman–Crippen MR) is 79.8 cm³/mol. The number of phenolic OH excluding ortho intramolecular Hbond substituents is 1. The van der Waals surface area contributed by atoms with Crippen molar-refractivity contribution in [2.75, 3.05) is 13.7 Å². The van der Waals surface area contributed by atoms with Gasteiger partial charge in [0.1, 0.15) is 24.0 Å². The number of ether oxygens (including phenoxy) is 2. The highest BCUT2D eigenvalue weighted by atomic mass is 35.5. The van der Waals surface area contributed by atoms with Crippen LogP contribution in [0.2, 0.25) is 5.02 Å². The van der Waals surface area contributed by atoms with Crippen LogP contribution < -0.4 is 4.74 Å². The van der Waals surface area contributed by atoms with E-state index < -0.39 is 11.9 Å². The van der Waals surface area contributed by atoms with E-state index in [2.05, 4.69) is 0 Å². The average molecular weight is 307 g/mol. The van der Waals surface area contributed by atoms with Gasteiger partial charge in [0.15, 0.2) is 0 Å². The molecule has 0 aliphatic rings. The fraction of sp³-hybridized carbons (Fsp3) is 0.188. The maximum absolute atomic E-state index is 11.9. The lowest BCUT2D eigenvalue weighted by Gasteiger charge is -2.16. The lowest BCUT2D eigenvalue weighted by atomic mass is 10.00. The quantitative estimate of drug-likeness (QED) is 0.860. The van der Waals surface area contributed by atoms with Crippen molar-refractivity contribution in [3.05, 3.63) is 59.1 Å². The molecule has 110 valence electrons. The number of esters is 1. The number of aromatic hydroxyl groups is 1. The van der Waals surface area contributed by atoms with E-state index in [1.54, 1.807) is 36.4 Å². The van der Waals surface area contributed by atoms with E-state index in [9.17, 15) is 9.90 Å². The van der Waals surface area contributed by atoms with Gasteiger partial charge in [-0.25, -0.2) is 0 Å². The summed E-state index contributed by atoms with van der Waals surface area (Å²) in [5.74, 6) is -0.399. The van der Waals surface area contributed by atoms with Gasteiger partial charge < -0.3 is 14.6 Å². The number of halogens is 1. The fourth-order valence-electron chi connectivity index (χ4n) is 1.92. The molecule has 2 aromatic carbocycles. The lowest BCUT2D eigenvalue weighted by Crippen LogP contribution is -2.21. The molecule has 0 bridgehead atoms. The van der Waals surface area contributed by atoms with E-state index in [-0.39, 0.29) is 12.4 Å². The number of carbonyl (C=O) groups excluding carboxylic acids is 1. The monoisotopic (exact) mass is 306 g/mol. The zero-order valence-electron chi connectivity index (χ0n) is 11.5. The Morgan fingerprint density at radius 1 is 1.24 bits per heavy atom. The first-order valence-electron chi connectivity index (χ1n) is 6.35. The van der Waals surface area contributed by atoms with Crippen LogP contribution in [0.4, 0.5) is 0 Å². The smallest absolute Gasteiger partial charge is 0.316 e. The predicted octanol–water partition coefficient (Wildman–Crippen LogP) is 3.38. The molecule has 4 nitrogen and oxygen atoms in total. The van der Waals surface area contributed by atoms with E-state index in [1.807, 2.05) is 0 Å². The minimum Gasteiger partial charge on any atom is -0.508 e. The van der Waals surface area contributed by atoms with Crippen molar-refractivity contribution >= 4 is 17.6 Å². The van der Waals surface area contributed by atoms with Gasteiger partial charge in [-0.2, -0.15) is 0 Å². The van der Waals surface area contributed by atoms with Crippen LogP contribution in [0.1, 0.15) is 11.5 Å². The van der Waals surface area contributed by atoms with Crippen LogP contribution in [0.25, 0.3) is 0 Å². The number of hydrogen-bond acceptors (Lipinski definition) is 4. The standard InChI is InChI=1S/C16H15ClO4/c1-20-16(19)15(11-4-2-6-13(18)8-11)10-21-14-7-3-5-12(17)9-14/h2-9,15,18H,10H2,1H3. The summed E-state index contributed by atoms with van der Waals surface area (Å²) in [6.45, 7) is 0.0937. The second kappa shape index (κ2) is 6.99. The van der Waals surface area contributed by atoms with Gasteiger partial charge in [0.05, 0.1) is 7.11 Å². The number of methoxy groups -OCH3 is 1. The van der Waals surface area contributed by atoms with Crippen molar-refractivity contribution in [1.29, 1.82) is 0 Å². The Hall–Kier alpha value is -2.20. The molecule has 0 aromatic heterocycles. The Kier molecular flexibility index (Phi) is 5.06. The molecule has 0 heterocycles. The van der Waals surface area contributed by atoms with E-state index in [0.29, 0.717) is 16.3 Å². The van der Waals surface area contributed by atoms with Gasteiger partial charge in [0.25, 0.3) is 0 Å². The summed E-state index contributed by atoms with van der Waals surface area (Å²) in [6, 6.07) is 13.4. The third-order valence-electron chi connectivity index (χ3n) is 2.97. The van der Waals surface area contributed by atoms with Crippen molar-refractivity contribution in [2.24, 2.45) is 0 Å². The Labute approximate surface area is 127 Å². The minimum atomic E-state index is -0.624. The molecular formula is C16H15ClO4. The molecule has 21 heavy (non-hydrogen) atoms. The second-order valence-corrected chi connectivity index (χ2v) is 4.88. The number of phenols is 1. The molecule has 1 atom stereocenters. The van der Waals surface area contributed by atoms with Gasteiger partial charge in [-0.05, 0) is 35.9 Å². The van der Waals surface area contributed by atoms with Gasteiger partial charge >= 0.3 is 5.97 Å². The number of hydrogen-bond donors (Lipinski definition) is 1. The summed E-state index contributed by atoms with van der Waals surface area (Å²) in [4.78, 5) is 11.9. The van der Waals surface area contributed by atoms with E-state index in [0.717, 1.165) is 0 Å². The van der Waals surface area contributed by atoms with Gasteiger partial charge in [-0.15, -0.1) is 0 Å². The maximum Gasteiger partial charge on any atom is 0.316 e. The molecule has 1 N–H and O–H groups in total. The molecule has 1 unspecified atom stereocenters. The van der Waals surface area contributed by atoms with Crippen molar-refractivity contribution in [2.45, 2.75) is 5.92 Å². The summed E-state index contributed by atoms with van der Waals surface area (Å²) in [5.41, 5.74) is 0.629. The number of rotatable bonds is 5. The first-order valence-corrected chi connectivity index (χ1v) is 6.73. The molecule has 0 aliphatic heterocycles. The summed E-state index contributed by atoms with van der Waals surface area (Å²) >= 11 is 5.88. The summed E-state index contributed by atoms with van der Waals surface area (Å²) in [7, 11) is 1.32. The number of benzene rings is 2. The molecule has 0 spiro atoms. The third kappa shape index (κ3) is 4.13. The third-order valence-corrected chi connectivity index (χ3v) is 3.21. The average Bonchev–Trinajstić information content (AvgIpc) is 2.47. The second-order valence-electron chi connectivity index (χ2n) is 4.44. The van der Waals surface area contributed by atoms with E-state index in [1.165, 1.54) is 19.2 Å². The van der Waals surface area contributed by atoms with Crippen molar-refractivity contribution in [1.82, 2.24) is 0 Å². The summed E-state index contributed by atoms with van der Waals surface area (Å²) < 4.78 is 10.4. The van der Waals surface area contributed by atoms with Gasteiger partial charge in [0.2, 0.25) is 0 Å². The minimum absolute atomic E-state index is 0.0872. The van der Waals surface area contributed by atoms with Crippen LogP contribution in [0.15, 0.2) is 48.5 Å². The molecule has 2 aromatic rings. The maximum atomic E-state index is 11.9. The molecule has 0 fully saturated rings. The summed E-state index contributed by atoms with van der Waals surface area (Å²) in [5, 5.41) is 10.1. The van der Waals surface area contributed by atoms with Crippen LogP contribution >= 0.6 is 11.6 Å². The van der Waals surface area contributed by atoms with E-state index >= 15 is 0 Å². The summed E-state index contributed by atoms with van der Waals surface area (Å²) in [6.07, 6.45) is 0.